The normalized spacial score (nSPS) is 36.5. The number of rotatable bonds is 24. The third-order valence-electron chi connectivity index (χ3n) is 15.2. The van der Waals surface area contributed by atoms with Gasteiger partial charge in [-0.05, 0) is 59.7 Å². The van der Waals surface area contributed by atoms with Gasteiger partial charge in [-0.15, -0.1) is 0 Å². The number of aromatic hydroxyl groups is 2. The Kier molecular flexibility index (Phi) is 24.7. The van der Waals surface area contributed by atoms with Crippen LogP contribution >= 0.6 is 0 Å². The summed E-state index contributed by atoms with van der Waals surface area (Å²) >= 11 is 0. The van der Waals surface area contributed by atoms with Crippen LogP contribution in [0, 0.1) is 0 Å². The van der Waals surface area contributed by atoms with Gasteiger partial charge in [0.1, 0.15) is 122 Å². The van der Waals surface area contributed by atoms with E-state index in [9.17, 15) is 95.5 Å². The maximum atomic E-state index is 14.2. The molecule has 0 bridgehead atoms. The number of phenolic OH excluding ortho intramolecular Hbond substituents is 2. The zero-order chi connectivity index (χ0) is 66.7. The van der Waals surface area contributed by atoms with Crippen LogP contribution in [0.1, 0.15) is 35.3 Å². The van der Waals surface area contributed by atoms with Crippen molar-refractivity contribution in [1.29, 1.82) is 0 Å². The number of ether oxygens (including phenoxy) is 14. The molecule has 92 heavy (non-hydrogen) atoms. The average molecular weight is 1310 g/mol. The topological polar surface area (TPSA) is 498 Å². The largest absolute Gasteiger partial charge is 0.508 e. The molecule has 0 spiro atoms. The molecule has 0 amide bonds. The number of phenols is 2. The maximum Gasteiger partial charge on any atom is 0.338 e. The van der Waals surface area contributed by atoms with E-state index in [1.165, 1.54) is 84.9 Å². The van der Waals surface area contributed by atoms with Crippen molar-refractivity contribution in [1.82, 2.24) is 0 Å². The number of hydrogen-bond donors (Lipinski definition) is 14. The summed E-state index contributed by atoms with van der Waals surface area (Å²) < 4.78 is 83.9. The lowest BCUT2D eigenvalue weighted by molar-refractivity contribution is -0.423. The van der Waals surface area contributed by atoms with Gasteiger partial charge in [-0.3, -0.25) is 9.59 Å². The van der Waals surface area contributed by atoms with Crippen LogP contribution in [0.4, 0.5) is 0 Å². The minimum atomic E-state index is -2.99. The van der Waals surface area contributed by atoms with Crippen LogP contribution in [-0.2, 0) is 85.5 Å². The van der Waals surface area contributed by atoms with Gasteiger partial charge in [-0.1, -0.05) is 42.5 Å². The highest BCUT2D eigenvalue weighted by atomic mass is 16.8. The molecule has 506 valence electrons. The Morgan fingerprint density at radius 1 is 0.457 bits per heavy atom. The minimum Gasteiger partial charge on any atom is -0.508 e. The van der Waals surface area contributed by atoms with Gasteiger partial charge in [-0.25, -0.2) is 14.4 Å². The van der Waals surface area contributed by atoms with Crippen molar-refractivity contribution >= 4 is 42.0 Å². The van der Waals surface area contributed by atoms with E-state index in [1.54, 1.807) is 6.07 Å². The second kappa shape index (κ2) is 31.9. The van der Waals surface area contributed by atoms with Gasteiger partial charge in [0.05, 0.1) is 32.0 Å². The van der Waals surface area contributed by atoms with E-state index in [-0.39, 0.29) is 17.1 Å². The summed E-state index contributed by atoms with van der Waals surface area (Å²) in [4.78, 5) is 67.3. The first-order chi connectivity index (χ1) is 43.9. The quantitative estimate of drug-likeness (QED) is 0.0227. The lowest BCUT2D eigenvalue weighted by Crippen LogP contribution is -2.70. The van der Waals surface area contributed by atoms with Crippen molar-refractivity contribution in [3.8, 4) is 11.5 Å². The first kappa shape index (κ1) is 71.1. The number of hydrogen-bond acceptors (Lipinski definition) is 33. The van der Waals surface area contributed by atoms with E-state index in [0.717, 1.165) is 26.0 Å². The van der Waals surface area contributed by atoms with Crippen LogP contribution in [-0.4, -0.2) is 288 Å². The van der Waals surface area contributed by atoms with E-state index in [4.69, 9.17) is 66.3 Å². The first-order valence-corrected chi connectivity index (χ1v) is 28.6. The van der Waals surface area contributed by atoms with E-state index in [2.05, 4.69) is 0 Å². The average Bonchev–Trinajstić information content (AvgIpc) is 1.38. The molecule has 3 aromatic rings. The second-order valence-corrected chi connectivity index (χ2v) is 21.6. The Morgan fingerprint density at radius 2 is 0.935 bits per heavy atom. The summed E-state index contributed by atoms with van der Waals surface area (Å²) in [7, 11) is 0. The van der Waals surface area contributed by atoms with Crippen LogP contribution < -0.4 is 0 Å². The molecule has 5 aliphatic heterocycles. The number of aliphatic hydroxyl groups excluding tert-OH is 12. The van der Waals surface area contributed by atoms with Gasteiger partial charge in [-0.2, -0.15) is 0 Å². The molecule has 5 aliphatic rings. The molecular formula is C59H72O33. The summed E-state index contributed by atoms with van der Waals surface area (Å²) in [5, 5.41) is 153. The van der Waals surface area contributed by atoms with Crippen molar-refractivity contribution < 1.29 is 162 Å². The minimum absolute atomic E-state index is 0.110. The summed E-state index contributed by atoms with van der Waals surface area (Å²) in [6, 6.07) is 17.9. The highest BCUT2D eigenvalue weighted by Crippen LogP contribution is 2.43. The number of benzene rings is 3. The molecule has 24 atom stereocenters. The predicted octanol–water partition coefficient (Wildman–Crippen LogP) is -4.98. The van der Waals surface area contributed by atoms with Gasteiger partial charge >= 0.3 is 29.8 Å². The van der Waals surface area contributed by atoms with Gasteiger partial charge in [0.2, 0.25) is 5.79 Å². The molecule has 33 heteroatoms. The molecule has 3 aromatic carbocycles. The molecule has 14 N–H and O–H groups in total. The highest BCUT2D eigenvalue weighted by Gasteiger charge is 2.64. The van der Waals surface area contributed by atoms with Gasteiger partial charge in [0.25, 0.3) is 0 Å². The summed E-state index contributed by atoms with van der Waals surface area (Å²) in [5.41, 5.74) is 0.522. The monoisotopic (exact) mass is 1310 g/mol. The van der Waals surface area contributed by atoms with Crippen molar-refractivity contribution in [2.75, 3.05) is 39.6 Å². The third kappa shape index (κ3) is 17.0. The van der Waals surface area contributed by atoms with Crippen LogP contribution in [0.15, 0.2) is 91.0 Å². The molecule has 0 aliphatic carbocycles. The summed E-state index contributed by atoms with van der Waals surface area (Å²) in [6.45, 7) is -4.72. The third-order valence-corrected chi connectivity index (χ3v) is 15.2. The molecule has 0 radical (unpaired) electrons. The van der Waals surface area contributed by atoms with Crippen LogP contribution in [0.2, 0.25) is 0 Å². The molecule has 33 nitrogen and oxygen atoms in total. The van der Waals surface area contributed by atoms with Crippen LogP contribution in [0.5, 0.6) is 11.5 Å². The highest BCUT2D eigenvalue weighted by molar-refractivity contribution is 5.90. The lowest BCUT2D eigenvalue weighted by Gasteiger charge is -2.51. The van der Waals surface area contributed by atoms with Gasteiger partial charge < -0.3 is 138 Å². The number of carbonyl (C=O) groups is 5. The maximum absolute atomic E-state index is 14.2. The molecular weight excluding hydrogens is 1240 g/mol. The molecule has 0 aromatic heterocycles. The zero-order valence-electron chi connectivity index (χ0n) is 48.9. The fourth-order valence-electron chi connectivity index (χ4n) is 10.5. The number of esters is 5. The summed E-state index contributed by atoms with van der Waals surface area (Å²) in [6.07, 6.45) is -45.2. The van der Waals surface area contributed by atoms with E-state index < -0.39 is 216 Å². The van der Waals surface area contributed by atoms with E-state index in [1.807, 2.05) is 0 Å². The smallest absolute Gasteiger partial charge is 0.338 e. The Labute approximate surface area is 522 Å². The zero-order valence-corrected chi connectivity index (χ0v) is 48.9. The standard InChI is InChI=1S/C59H72O33/c1-26(64)79-24-37-49(81-27(2)65)50(87-55-45(75)43(73)40(70)33(20-60)82-55)47(77)57(85-37)88-51-48(86-39(69)19-13-29-10-16-32(67)17-11-29)36(23-63)84-58(52(51)89-56-46(76)44(74)41(71)34(21-61)83-56)92-59(25-80-38(68)18-12-28-8-14-31(66)15-9-28)53(42(72)35(22-62)91-59)90-54(78)30-6-4-3-5-7-30/h3-19,33-37,40-53,55-58,60-63,66-67,70-77H,20-25H2,1-2H3/b18-12+,19-13+/t33-,34-,35-,36-,37-,40-,41-,42-,43+,44+,45-,46-,47-,48-,49-,50-,51+,52-,53-,55-,56+,57-,58-,59+/m1/s1. The molecule has 0 unspecified atom stereocenters. The predicted molar refractivity (Wildman–Crippen MR) is 297 cm³/mol. The second-order valence-electron chi connectivity index (χ2n) is 21.6. The van der Waals surface area contributed by atoms with Crippen molar-refractivity contribution in [2.24, 2.45) is 0 Å². The number of aliphatic hydroxyl groups is 12. The van der Waals surface area contributed by atoms with Gasteiger partial charge in [0, 0.05) is 26.0 Å². The Balaban J connectivity index is 1.29. The Bertz CT molecular complexity index is 2970. The van der Waals surface area contributed by atoms with Crippen molar-refractivity contribution in [3.63, 3.8) is 0 Å². The SMILES string of the molecule is CC(=O)OC[C@H]1O[C@H](O[C@@H]2[C@@H](O[C@@H]3O[C@H](CO)[C@@H](O)[C@H](O)[C@H]3O)[C@@H](O[C@]3(COC(=O)/C=C/c4ccc(O)cc4)O[C@H](CO)[C@@H](O)[C@H]3OC(=O)c3ccccc3)O[C@H](CO)[C@H]2OC(=O)/C=C/c2ccc(O)cc2)[C@H](O)[C@@H](O[C@H]2O[C@H](CO)[C@@H](O)[C@H](O)[C@H]2O)[C@@H]1OC(C)=O. The van der Waals surface area contributed by atoms with Crippen molar-refractivity contribution in [3.05, 3.63) is 108 Å². The Hall–Kier alpha value is -6.75. The Morgan fingerprint density at radius 3 is 1.46 bits per heavy atom. The van der Waals surface area contributed by atoms with E-state index >= 15 is 0 Å². The van der Waals surface area contributed by atoms with Gasteiger partial charge in [0.15, 0.2) is 43.5 Å². The first-order valence-electron chi connectivity index (χ1n) is 28.6. The van der Waals surface area contributed by atoms with Crippen LogP contribution in [0.3, 0.4) is 0 Å². The molecule has 8 rings (SSSR count). The summed E-state index contributed by atoms with van der Waals surface area (Å²) in [5.74, 6) is -9.00. The molecule has 5 fully saturated rings. The molecule has 5 saturated heterocycles. The molecule has 5 heterocycles. The lowest BCUT2D eigenvalue weighted by atomic mass is 9.95. The van der Waals surface area contributed by atoms with E-state index in [0.29, 0.717) is 11.1 Å². The fraction of sp³-hybridized carbons (Fsp3) is 0.542. The fourth-order valence-corrected chi connectivity index (χ4v) is 10.5. The van der Waals surface area contributed by atoms with Crippen molar-refractivity contribution in [2.45, 2.75) is 161 Å². The number of carbonyl (C=O) groups excluding carboxylic acids is 5. The van der Waals surface area contributed by atoms with Crippen LogP contribution in [0.25, 0.3) is 12.2 Å². The molecule has 0 saturated carbocycles.